The third-order valence-electron chi connectivity index (χ3n) is 15.4. The zero-order valence-corrected chi connectivity index (χ0v) is 50.4. The molecule has 1 aliphatic carbocycles. The third kappa shape index (κ3) is 15.2. The van der Waals surface area contributed by atoms with E-state index in [1.54, 1.807) is 34.1 Å². The molecule has 4 aromatic rings. The molecule has 5 amide bonds. The van der Waals surface area contributed by atoms with Gasteiger partial charge in [-0.2, -0.15) is 0 Å². The number of anilines is 2. The second-order valence-corrected chi connectivity index (χ2v) is 25.2. The number of nitrogen functional groups attached to an aromatic ring is 2. The Balaban J connectivity index is 0.669. The molecule has 21 nitrogen and oxygen atoms in total. The van der Waals surface area contributed by atoms with Crippen molar-refractivity contribution in [1.29, 1.82) is 0 Å². The van der Waals surface area contributed by atoms with Crippen molar-refractivity contribution in [3.63, 3.8) is 0 Å². The molecule has 7 N–H and O–H groups in total. The van der Waals surface area contributed by atoms with Gasteiger partial charge in [0.15, 0.2) is 29.2 Å². The second-order valence-electron chi connectivity index (χ2n) is 22.1. The molecule has 0 saturated carbocycles. The lowest BCUT2D eigenvalue weighted by molar-refractivity contribution is -0.120. The van der Waals surface area contributed by atoms with Gasteiger partial charge >= 0.3 is 12.2 Å². The number of hydrogen-bond acceptors (Lipinski definition) is 18. The minimum Gasteiger partial charge on any atom is -0.493 e. The smallest absolute Gasteiger partial charge is 0.412 e. The van der Waals surface area contributed by atoms with E-state index in [0.717, 1.165) is 46.4 Å². The Labute approximate surface area is 504 Å². The lowest BCUT2D eigenvalue weighted by Gasteiger charge is -2.33. The predicted octanol–water partition coefficient (Wildman–Crippen LogP) is 7.98. The molecule has 0 aromatic heterocycles. The number of rotatable bonds is 26. The number of fused-ring (bicyclic) bond motifs is 3. The van der Waals surface area contributed by atoms with Crippen LogP contribution < -0.4 is 46.4 Å². The van der Waals surface area contributed by atoms with Crippen LogP contribution in [0.1, 0.15) is 90.1 Å². The molecule has 85 heavy (non-hydrogen) atoms. The number of methoxy groups -OCH3 is 2. The van der Waals surface area contributed by atoms with Gasteiger partial charge < -0.3 is 69.8 Å². The zero-order chi connectivity index (χ0) is 60.2. The van der Waals surface area contributed by atoms with Gasteiger partial charge in [0, 0.05) is 74.3 Å². The Morgan fingerprint density at radius 2 is 1.29 bits per heavy atom. The molecular weight excluding hydrogens is 1130 g/mol. The largest absolute Gasteiger partial charge is 0.493 e. The molecule has 9 rings (SSSR count). The van der Waals surface area contributed by atoms with Crippen LogP contribution in [0, 0.1) is 0 Å². The van der Waals surface area contributed by atoms with Crippen molar-refractivity contribution in [3.05, 3.63) is 119 Å². The van der Waals surface area contributed by atoms with Crippen LogP contribution >= 0.6 is 21.6 Å². The van der Waals surface area contributed by atoms with Crippen molar-refractivity contribution < 1.29 is 61.9 Å². The van der Waals surface area contributed by atoms with E-state index in [2.05, 4.69) is 53.4 Å². The number of nitrogens with zero attached hydrogens (tertiary/aromatic N) is 3. The molecule has 4 aromatic carbocycles. The number of benzene rings is 4. The Morgan fingerprint density at radius 1 is 0.718 bits per heavy atom. The monoisotopic (exact) mass is 1210 g/mol. The molecule has 4 aliphatic heterocycles. The summed E-state index contributed by atoms with van der Waals surface area (Å²) in [7, 11) is 6.02. The fourth-order valence-electron chi connectivity index (χ4n) is 11.2. The van der Waals surface area contributed by atoms with Crippen molar-refractivity contribution >= 4 is 62.9 Å². The summed E-state index contributed by atoms with van der Waals surface area (Å²) in [6.45, 7) is 16.2. The van der Waals surface area contributed by atoms with Crippen molar-refractivity contribution in [3.8, 4) is 34.1 Å². The maximum absolute atomic E-state index is 14.4. The molecule has 0 spiro atoms. The van der Waals surface area contributed by atoms with E-state index >= 15 is 0 Å². The molecule has 0 bridgehead atoms. The molecule has 456 valence electrons. The number of amides is 5. The summed E-state index contributed by atoms with van der Waals surface area (Å²) in [6, 6.07) is 22.0. The van der Waals surface area contributed by atoms with Crippen LogP contribution in [0.5, 0.6) is 23.0 Å². The van der Waals surface area contributed by atoms with E-state index in [1.807, 2.05) is 38.1 Å². The number of carbonyl (C=O) groups is 5. The number of alkyl carbamates (subject to hydrolysis) is 1. The van der Waals surface area contributed by atoms with Gasteiger partial charge in [0.05, 0.1) is 75.1 Å². The summed E-state index contributed by atoms with van der Waals surface area (Å²) < 4.78 is 46.4. The maximum Gasteiger partial charge on any atom is 0.412 e. The number of carbonyl (C=O) groups excluding carboxylic acids is 5. The Bertz CT molecular complexity index is 3060. The van der Waals surface area contributed by atoms with Crippen molar-refractivity contribution in [2.24, 2.45) is 0 Å². The fourth-order valence-corrected chi connectivity index (χ4v) is 13.6. The van der Waals surface area contributed by atoms with Crippen LogP contribution in [-0.4, -0.2) is 173 Å². The molecule has 4 fully saturated rings. The molecular formula is C62H78N8O13S2. The molecule has 2 unspecified atom stereocenters. The summed E-state index contributed by atoms with van der Waals surface area (Å²) in [6.07, 6.45) is 1.27. The highest BCUT2D eigenvalue weighted by molar-refractivity contribution is 8.77. The van der Waals surface area contributed by atoms with Crippen LogP contribution in [0.2, 0.25) is 0 Å². The minimum absolute atomic E-state index is 0.0406. The Hall–Kier alpha value is -7.31. The quantitative estimate of drug-likeness (QED) is 0.0173. The van der Waals surface area contributed by atoms with Crippen LogP contribution in [-0.2, 0) is 23.7 Å². The number of nitrogens with two attached hydrogens (primary N) is 2. The zero-order valence-electron chi connectivity index (χ0n) is 48.8. The van der Waals surface area contributed by atoms with Crippen molar-refractivity contribution in [2.45, 2.75) is 87.6 Å². The lowest BCUT2D eigenvalue weighted by Crippen LogP contribution is -2.51. The molecule has 0 radical (unpaired) electrons. The van der Waals surface area contributed by atoms with Gasteiger partial charge in [-0.1, -0.05) is 94.4 Å². The number of likely N-dealkylation sites (tertiary alicyclic amines) is 2. The van der Waals surface area contributed by atoms with Crippen molar-refractivity contribution in [1.82, 2.24) is 30.7 Å². The van der Waals surface area contributed by atoms with E-state index in [1.165, 1.54) is 40.7 Å². The highest BCUT2D eigenvalue weighted by Gasteiger charge is 2.46. The highest BCUT2D eigenvalue weighted by Crippen LogP contribution is 2.45. The number of ether oxygens (including phenoxy) is 8. The van der Waals surface area contributed by atoms with Gasteiger partial charge in [0.25, 0.3) is 11.8 Å². The molecule has 4 heterocycles. The first-order valence-corrected chi connectivity index (χ1v) is 31.1. The Kier molecular flexibility index (Phi) is 21.0. The molecule has 23 heteroatoms. The number of hydrogen-bond donors (Lipinski definition) is 5. The lowest BCUT2D eigenvalue weighted by atomic mass is 9.98. The predicted molar refractivity (Wildman–Crippen MR) is 327 cm³/mol. The van der Waals surface area contributed by atoms with Gasteiger partial charge in [0.1, 0.15) is 19.4 Å². The molecule has 4 saturated heterocycles. The normalized spacial score (nSPS) is 19.2. The van der Waals surface area contributed by atoms with E-state index in [0.29, 0.717) is 86.4 Å². The van der Waals surface area contributed by atoms with E-state index in [9.17, 15) is 24.0 Å². The topological polar surface area (TPSA) is 257 Å². The van der Waals surface area contributed by atoms with E-state index < -0.39 is 29.2 Å². The van der Waals surface area contributed by atoms with E-state index in [4.69, 9.17) is 49.4 Å². The van der Waals surface area contributed by atoms with Crippen molar-refractivity contribution in [2.75, 3.05) is 110 Å². The second kappa shape index (κ2) is 28.7. The fraction of sp³-hybridized carbons (Fsp3) is 0.468. The van der Waals surface area contributed by atoms with Gasteiger partial charge in [-0.15, -0.1) is 0 Å². The Morgan fingerprint density at radius 3 is 1.88 bits per heavy atom. The molecule has 5 aliphatic rings. The minimum atomic E-state index is -0.786. The van der Waals surface area contributed by atoms with E-state index in [-0.39, 0.29) is 105 Å². The van der Waals surface area contributed by atoms with Crippen LogP contribution in [0.15, 0.2) is 97.1 Å². The standard InChI is InChI=1S/C62H78N8O13S2/c1-38-28-49(56-66-21-25-80-56)69(34-38)57(72)44-30-51(76-5)53(32-47(44)63)78-23-12-7-13-24-79-54-33-48(64)45(31-52(54)77-6)58(73)70-35-39(2)29-50(70)59-68(22-26-81-59)61(75)83-37-62(3,4)85-84-27-18-55(71)65-19-20-67-60(74)82-36-46-42-16-10-8-14-40(42)41-15-9-11-17-43(41)46/h8-11,14-17,30-33,46,49-50,56,59,66H,1-2,7,12-13,18-29,34-37,63-64H2,3-6H3,(H,65,71)(H,67,74)/t49-,50-,56?,59?/m0/s1. The summed E-state index contributed by atoms with van der Waals surface area (Å²) in [5, 5.41) is 8.87. The van der Waals surface area contributed by atoms with Crippen LogP contribution in [0.3, 0.4) is 0 Å². The maximum atomic E-state index is 14.4. The first-order valence-electron chi connectivity index (χ1n) is 28.8. The first-order chi connectivity index (χ1) is 41.0. The summed E-state index contributed by atoms with van der Waals surface area (Å²) in [5.41, 5.74) is 20.3. The molecule has 4 atom stereocenters. The SMILES string of the molecule is C=C1C[C@@H](C2NCCO2)N(C(=O)c2cc(OC)c(OCCCCCOc3cc(N)c(C(=O)N4CC(=C)C[C@H]4C4OCCN4C(=O)OCC(C)(C)SSCCC(=O)NCCNC(=O)OCC4c5ccccc5-c5ccccc54)cc3OC)cc2N)C1. The first kappa shape index (κ1) is 62.2. The number of nitrogens with one attached hydrogen (secondary N) is 3. The summed E-state index contributed by atoms with van der Waals surface area (Å²) >= 11 is 0. The summed E-state index contributed by atoms with van der Waals surface area (Å²) in [5.74, 6) is 1.27. The van der Waals surface area contributed by atoms with Gasteiger partial charge in [-0.05, 0) is 80.3 Å². The van der Waals surface area contributed by atoms with Gasteiger partial charge in [-0.25, -0.2) is 9.59 Å². The third-order valence-corrected chi connectivity index (χ3v) is 18.7. The highest BCUT2D eigenvalue weighted by atomic mass is 33.1. The van der Waals surface area contributed by atoms with Gasteiger partial charge in [0.2, 0.25) is 5.91 Å². The van der Waals surface area contributed by atoms with Crippen LogP contribution in [0.25, 0.3) is 11.1 Å². The number of unbranched alkanes of at least 4 members (excludes halogenated alkanes) is 2. The average molecular weight is 1210 g/mol. The summed E-state index contributed by atoms with van der Waals surface area (Å²) in [4.78, 5) is 71.9. The average Bonchev–Trinajstić information content (AvgIpc) is 3.62. The van der Waals surface area contributed by atoms with Gasteiger partial charge in [-0.3, -0.25) is 24.6 Å². The van der Waals surface area contributed by atoms with Crippen LogP contribution in [0.4, 0.5) is 21.0 Å².